The Labute approximate surface area is 163 Å². The van der Waals surface area contributed by atoms with Gasteiger partial charge in [0.25, 0.3) is 0 Å². The number of anilines is 1. The number of benzene rings is 2. The van der Waals surface area contributed by atoms with Gasteiger partial charge in [-0.3, -0.25) is 9.78 Å². The van der Waals surface area contributed by atoms with E-state index >= 15 is 0 Å². The van der Waals surface area contributed by atoms with Gasteiger partial charge in [0.15, 0.2) is 5.78 Å². The highest BCUT2D eigenvalue weighted by Gasteiger charge is 2.34. The van der Waals surface area contributed by atoms with Crippen LogP contribution < -0.4 is 10.6 Å². The number of ketones is 1. The lowest BCUT2D eigenvalue weighted by Gasteiger charge is -2.31. The van der Waals surface area contributed by atoms with E-state index in [0.29, 0.717) is 17.7 Å². The predicted octanol–water partition coefficient (Wildman–Crippen LogP) is 3.89. The van der Waals surface area contributed by atoms with Crippen molar-refractivity contribution in [3.8, 4) is 0 Å². The molecule has 3 aromatic rings. The van der Waals surface area contributed by atoms with E-state index in [1.807, 2.05) is 72.6 Å². The molecule has 2 unspecified atom stereocenters. The molecular weight excluding hydrogens is 354 g/mol. The Balaban J connectivity index is 1.69. The largest absolute Gasteiger partial charge is 0.350 e. The first-order valence-electron chi connectivity index (χ1n) is 8.97. The lowest BCUT2D eigenvalue weighted by molar-refractivity contribution is 0.103. The highest BCUT2D eigenvalue weighted by atomic mass is 32.2. The lowest BCUT2D eigenvalue weighted by Crippen LogP contribution is -2.38. The number of nitrogens with two attached hydrogens (primary N) is 1. The summed E-state index contributed by atoms with van der Waals surface area (Å²) in [5.74, 6) is 0.985. The van der Waals surface area contributed by atoms with Crippen molar-refractivity contribution in [2.45, 2.75) is 11.4 Å². The number of hydrogen-bond donors (Lipinski definition) is 1. The predicted molar refractivity (Wildman–Crippen MR) is 111 cm³/mol. The fourth-order valence-electron chi connectivity index (χ4n) is 3.42. The number of carbonyl (C=O) groups excluding carboxylic acids is 1. The standard InChI is InChI=1S/C22H21N3OS/c23-13-20-15-27-22(18-9-5-11-24-14-18)25(20)19-10-4-8-17(12-19)21(26)16-6-2-1-3-7-16/h1-12,14,20,22H,13,15,23H2. The number of nitrogens with zero attached hydrogens (tertiary/aromatic N) is 2. The maximum Gasteiger partial charge on any atom is 0.193 e. The summed E-state index contributed by atoms with van der Waals surface area (Å²) in [5.41, 5.74) is 9.61. The van der Waals surface area contributed by atoms with E-state index in [2.05, 4.69) is 22.0 Å². The minimum atomic E-state index is 0.0338. The van der Waals surface area contributed by atoms with Gasteiger partial charge in [0.1, 0.15) is 5.37 Å². The number of pyridine rings is 1. The molecule has 27 heavy (non-hydrogen) atoms. The molecule has 0 saturated carbocycles. The van der Waals surface area contributed by atoms with Crippen LogP contribution in [0.3, 0.4) is 0 Å². The zero-order chi connectivity index (χ0) is 18.6. The highest BCUT2D eigenvalue weighted by Crippen LogP contribution is 2.43. The molecule has 1 saturated heterocycles. The second-order valence-corrected chi connectivity index (χ2v) is 7.63. The van der Waals surface area contributed by atoms with Crippen molar-refractivity contribution >= 4 is 23.2 Å². The molecule has 5 heteroatoms. The molecule has 1 fully saturated rings. The quantitative estimate of drug-likeness (QED) is 0.686. The van der Waals surface area contributed by atoms with Gasteiger partial charge in [0, 0.05) is 47.1 Å². The maximum atomic E-state index is 12.9. The minimum Gasteiger partial charge on any atom is -0.350 e. The molecule has 1 aromatic heterocycles. The molecule has 4 nitrogen and oxygen atoms in total. The summed E-state index contributed by atoms with van der Waals surface area (Å²) >= 11 is 1.86. The molecular formula is C22H21N3OS. The van der Waals surface area contributed by atoms with Crippen LogP contribution in [0.2, 0.25) is 0 Å². The van der Waals surface area contributed by atoms with Crippen LogP contribution in [0.4, 0.5) is 5.69 Å². The fourth-order valence-corrected chi connectivity index (χ4v) is 4.91. The van der Waals surface area contributed by atoms with E-state index in [4.69, 9.17) is 5.73 Å². The fraction of sp³-hybridized carbons (Fsp3) is 0.182. The Morgan fingerprint density at radius 1 is 1.07 bits per heavy atom. The maximum absolute atomic E-state index is 12.9. The smallest absolute Gasteiger partial charge is 0.193 e. The van der Waals surface area contributed by atoms with Crippen LogP contribution in [0.5, 0.6) is 0 Å². The van der Waals surface area contributed by atoms with Gasteiger partial charge in [-0.15, -0.1) is 11.8 Å². The van der Waals surface area contributed by atoms with E-state index in [1.54, 1.807) is 6.20 Å². The molecule has 0 aliphatic carbocycles. The lowest BCUT2D eigenvalue weighted by atomic mass is 10.0. The third-order valence-corrected chi connectivity index (χ3v) is 6.17. The van der Waals surface area contributed by atoms with Crippen molar-refractivity contribution in [1.29, 1.82) is 0 Å². The van der Waals surface area contributed by atoms with Crippen LogP contribution in [-0.4, -0.2) is 29.1 Å². The molecule has 1 aliphatic heterocycles. The van der Waals surface area contributed by atoms with Gasteiger partial charge >= 0.3 is 0 Å². The summed E-state index contributed by atoms with van der Waals surface area (Å²) in [7, 11) is 0. The zero-order valence-corrected chi connectivity index (χ0v) is 15.7. The molecule has 2 heterocycles. The van der Waals surface area contributed by atoms with Crippen molar-refractivity contribution in [2.75, 3.05) is 17.2 Å². The van der Waals surface area contributed by atoms with E-state index in [1.165, 1.54) is 0 Å². The van der Waals surface area contributed by atoms with Gasteiger partial charge < -0.3 is 10.6 Å². The van der Waals surface area contributed by atoms with Gasteiger partial charge in [-0.2, -0.15) is 0 Å². The summed E-state index contributed by atoms with van der Waals surface area (Å²) in [5, 5.41) is 0.148. The first-order valence-corrected chi connectivity index (χ1v) is 10.0. The van der Waals surface area contributed by atoms with Gasteiger partial charge in [-0.25, -0.2) is 0 Å². The van der Waals surface area contributed by atoms with Crippen LogP contribution in [0, 0.1) is 0 Å². The SMILES string of the molecule is NCC1CSC(c2cccnc2)N1c1cccc(C(=O)c2ccccc2)c1. The van der Waals surface area contributed by atoms with Gasteiger partial charge in [0.05, 0.1) is 6.04 Å². The van der Waals surface area contributed by atoms with Gasteiger partial charge in [-0.05, 0) is 18.2 Å². The monoisotopic (exact) mass is 375 g/mol. The minimum absolute atomic E-state index is 0.0338. The molecule has 0 radical (unpaired) electrons. The Bertz CT molecular complexity index is 917. The molecule has 2 atom stereocenters. The molecule has 136 valence electrons. The highest BCUT2D eigenvalue weighted by molar-refractivity contribution is 8.00. The average Bonchev–Trinajstić information content (AvgIpc) is 3.19. The molecule has 0 bridgehead atoms. The third kappa shape index (κ3) is 3.61. The van der Waals surface area contributed by atoms with E-state index in [-0.39, 0.29) is 17.2 Å². The first kappa shape index (κ1) is 17.8. The summed E-state index contributed by atoms with van der Waals surface area (Å²) in [6.45, 7) is 0.570. The van der Waals surface area contributed by atoms with E-state index in [0.717, 1.165) is 17.0 Å². The first-order chi connectivity index (χ1) is 13.3. The Kier molecular flexibility index (Phi) is 5.23. The number of thioether (sulfide) groups is 1. The second-order valence-electron chi connectivity index (χ2n) is 6.51. The topological polar surface area (TPSA) is 59.2 Å². The summed E-state index contributed by atoms with van der Waals surface area (Å²) in [6, 6.07) is 21.5. The van der Waals surface area contributed by atoms with Crippen LogP contribution >= 0.6 is 11.8 Å². The van der Waals surface area contributed by atoms with Crippen molar-refractivity contribution in [3.63, 3.8) is 0 Å². The number of rotatable bonds is 5. The van der Waals surface area contributed by atoms with Crippen LogP contribution in [0.1, 0.15) is 26.9 Å². The molecule has 2 aromatic carbocycles. The van der Waals surface area contributed by atoms with Crippen molar-refractivity contribution in [1.82, 2.24) is 4.98 Å². The van der Waals surface area contributed by atoms with Gasteiger partial charge in [0.2, 0.25) is 0 Å². The zero-order valence-electron chi connectivity index (χ0n) is 14.9. The summed E-state index contributed by atoms with van der Waals surface area (Å²) in [4.78, 5) is 19.4. The molecule has 1 aliphatic rings. The molecule has 2 N–H and O–H groups in total. The van der Waals surface area contributed by atoms with E-state index in [9.17, 15) is 4.79 Å². The second kappa shape index (κ2) is 7.94. The Morgan fingerprint density at radius 2 is 1.89 bits per heavy atom. The Hall–Kier alpha value is -2.63. The Morgan fingerprint density at radius 3 is 2.63 bits per heavy atom. The van der Waals surface area contributed by atoms with Crippen LogP contribution in [0.15, 0.2) is 79.1 Å². The van der Waals surface area contributed by atoms with Crippen LogP contribution in [-0.2, 0) is 0 Å². The summed E-state index contributed by atoms with van der Waals surface area (Å²) < 4.78 is 0. The summed E-state index contributed by atoms with van der Waals surface area (Å²) in [6.07, 6.45) is 3.69. The third-order valence-electron chi connectivity index (χ3n) is 4.78. The number of hydrogen-bond acceptors (Lipinski definition) is 5. The van der Waals surface area contributed by atoms with Crippen molar-refractivity contribution in [2.24, 2.45) is 5.73 Å². The van der Waals surface area contributed by atoms with Crippen LogP contribution in [0.25, 0.3) is 0 Å². The van der Waals surface area contributed by atoms with Gasteiger partial charge in [-0.1, -0.05) is 48.5 Å². The number of carbonyl (C=O) groups is 1. The van der Waals surface area contributed by atoms with Crippen molar-refractivity contribution in [3.05, 3.63) is 95.8 Å². The number of aromatic nitrogens is 1. The molecule has 0 amide bonds. The normalized spacial score (nSPS) is 19.2. The molecule has 0 spiro atoms. The average molecular weight is 375 g/mol. The van der Waals surface area contributed by atoms with E-state index < -0.39 is 0 Å². The van der Waals surface area contributed by atoms with Crippen molar-refractivity contribution < 1.29 is 4.79 Å². The molecule has 4 rings (SSSR count).